The normalized spacial score (nSPS) is 25.0. The van der Waals surface area contributed by atoms with Crippen molar-refractivity contribution in [1.29, 1.82) is 0 Å². The summed E-state index contributed by atoms with van der Waals surface area (Å²) < 4.78 is 43.7. The summed E-state index contributed by atoms with van der Waals surface area (Å²) >= 11 is 0. The van der Waals surface area contributed by atoms with Crippen LogP contribution in [-0.2, 0) is 57.1 Å². The molecule has 0 amide bonds. The molecule has 12 heteroatoms. The molecule has 0 unspecified atom stereocenters. The predicted octanol–water partition coefficient (Wildman–Crippen LogP) is 3.69. The molecule has 0 bridgehead atoms. The molecule has 0 aliphatic carbocycles. The molecule has 0 spiro atoms. The van der Waals surface area contributed by atoms with Gasteiger partial charge in [0.25, 0.3) is 0 Å². The maximum Gasteiger partial charge on any atom is 0.303 e. The van der Waals surface area contributed by atoms with E-state index >= 15 is 0 Å². The summed E-state index contributed by atoms with van der Waals surface area (Å²) in [5.41, 5.74) is 0. The Morgan fingerprint density at radius 3 is 1.21 bits per heavy atom. The Hall–Kier alpha value is -2.80. The molecule has 0 saturated heterocycles. The molecule has 0 N–H and O–H groups in total. The number of esters is 4. The van der Waals surface area contributed by atoms with Crippen molar-refractivity contribution in [2.75, 3.05) is 26.4 Å². The minimum atomic E-state index is -0.627. The SMILES string of the molecule is CC(=O)OC[C@H]1O[C@H](OCCCCCCCCCCO[C@@H]2C=C[C@H](OC(C)=O)[C@@H](COC(C)=O)O2)C=C[C@@H]1OC(C)=O. The number of ether oxygens (including phenoxy) is 8. The van der Waals surface area contributed by atoms with Gasteiger partial charge in [0.2, 0.25) is 0 Å². The van der Waals surface area contributed by atoms with E-state index in [-0.39, 0.29) is 13.2 Å². The number of carbonyl (C=O) groups is 4. The highest BCUT2D eigenvalue weighted by atomic mass is 16.7. The van der Waals surface area contributed by atoms with Gasteiger partial charge in [0, 0.05) is 27.7 Å². The van der Waals surface area contributed by atoms with Gasteiger partial charge in [-0.25, -0.2) is 0 Å². The number of unbranched alkanes of at least 4 members (excludes halogenated alkanes) is 7. The lowest BCUT2D eigenvalue weighted by molar-refractivity contribution is -0.197. The maximum absolute atomic E-state index is 11.3. The molecule has 2 aliphatic rings. The molecule has 0 fully saturated rings. The highest BCUT2D eigenvalue weighted by Gasteiger charge is 2.32. The molecule has 0 aromatic rings. The summed E-state index contributed by atoms with van der Waals surface area (Å²) in [6.45, 7) is 6.27. The van der Waals surface area contributed by atoms with Crippen molar-refractivity contribution in [3.05, 3.63) is 24.3 Å². The molecule has 0 saturated carbocycles. The predicted molar refractivity (Wildman–Crippen MR) is 149 cm³/mol. The number of hydrogen-bond donors (Lipinski definition) is 0. The van der Waals surface area contributed by atoms with Gasteiger partial charge in [-0.2, -0.15) is 0 Å². The van der Waals surface area contributed by atoms with Crippen LogP contribution in [0.4, 0.5) is 0 Å². The van der Waals surface area contributed by atoms with Gasteiger partial charge in [-0.15, -0.1) is 0 Å². The first-order valence-electron chi connectivity index (χ1n) is 14.7. The monoisotopic (exact) mass is 598 g/mol. The van der Waals surface area contributed by atoms with E-state index in [0.29, 0.717) is 13.2 Å². The number of hydrogen-bond acceptors (Lipinski definition) is 12. The van der Waals surface area contributed by atoms with Gasteiger partial charge in [-0.3, -0.25) is 19.2 Å². The first kappa shape index (κ1) is 35.4. The number of rotatable bonds is 19. The molecule has 42 heavy (non-hydrogen) atoms. The Bertz CT molecular complexity index is 829. The Morgan fingerprint density at radius 2 is 0.881 bits per heavy atom. The van der Waals surface area contributed by atoms with E-state index < -0.39 is 60.9 Å². The lowest BCUT2D eigenvalue weighted by Crippen LogP contribution is -2.42. The van der Waals surface area contributed by atoms with Crippen LogP contribution in [0, 0.1) is 0 Å². The van der Waals surface area contributed by atoms with Crippen LogP contribution in [-0.4, -0.2) is 87.3 Å². The van der Waals surface area contributed by atoms with E-state index in [2.05, 4.69) is 0 Å². The Morgan fingerprint density at radius 1 is 0.524 bits per heavy atom. The van der Waals surface area contributed by atoms with Gasteiger partial charge in [0.15, 0.2) is 12.6 Å². The summed E-state index contributed by atoms with van der Waals surface area (Å²) in [7, 11) is 0. The van der Waals surface area contributed by atoms with Crippen LogP contribution in [0.3, 0.4) is 0 Å². The second-order valence-corrected chi connectivity index (χ2v) is 10.2. The van der Waals surface area contributed by atoms with Gasteiger partial charge in [-0.1, -0.05) is 38.5 Å². The molecular weight excluding hydrogens is 552 g/mol. The Kier molecular flexibility index (Phi) is 17.0. The molecule has 0 radical (unpaired) electrons. The summed E-state index contributed by atoms with van der Waals surface area (Å²) in [4.78, 5) is 44.9. The maximum atomic E-state index is 11.3. The van der Waals surface area contributed by atoms with Crippen LogP contribution < -0.4 is 0 Å². The van der Waals surface area contributed by atoms with E-state index in [4.69, 9.17) is 37.9 Å². The molecule has 2 rings (SSSR count). The van der Waals surface area contributed by atoms with Gasteiger partial charge < -0.3 is 37.9 Å². The van der Waals surface area contributed by atoms with E-state index in [0.717, 1.165) is 51.4 Å². The van der Waals surface area contributed by atoms with Gasteiger partial charge in [-0.05, 0) is 37.1 Å². The van der Waals surface area contributed by atoms with Crippen LogP contribution in [0.15, 0.2) is 24.3 Å². The number of carbonyl (C=O) groups excluding carboxylic acids is 4. The molecule has 2 heterocycles. The third kappa shape index (κ3) is 15.4. The molecule has 2 aliphatic heterocycles. The van der Waals surface area contributed by atoms with E-state index in [1.165, 1.54) is 27.7 Å². The third-order valence-electron chi connectivity index (χ3n) is 6.38. The lowest BCUT2D eigenvalue weighted by atomic mass is 10.1. The van der Waals surface area contributed by atoms with Crippen LogP contribution in [0.2, 0.25) is 0 Å². The van der Waals surface area contributed by atoms with Crippen molar-refractivity contribution in [3.63, 3.8) is 0 Å². The van der Waals surface area contributed by atoms with E-state index in [1.807, 2.05) is 0 Å². The Balaban J connectivity index is 1.50. The standard InChI is InChI=1S/C30H46O12/c1-21(31)37-19-27-25(39-23(3)33)13-15-29(41-27)35-17-11-9-7-5-6-8-10-12-18-36-30-16-14-26(40-24(4)34)28(42-30)20-38-22(2)32/h13-16,25-30H,5-12,17-20H2,1-4H3/t25-,26-,27+,28+,29-,30-/m0/s1. The fourth-order valence-corrected chi connectivity index (χ4v) is 4.37. The molecule has 12 nitrogen and oxygen atoms in total. The van der Waals surface area contributed by atoms with Crippen molar-refractivity contribution in [3.8, 4) is 0 Å². The van der Waals surface area contributed by atoms with Crippen molar-refractivity contribution in [1.82, 2.24) is 0 Å². The van der Waals surface area contributed by atoms with Crippen molar-refractivity contribution < 1.29 is 57.1 Å². The van der Waals surface area contributed by atoms with Crippen molar-refractivity contribution in [2.24, 2.45) is 0 Å². The fraction of sp³-hybridized carbons (Fsp3) is 0.733. The van der Waals surface area contributed by atoms with Crippen LogP contribution in [0.5, 0.6) is 0 Å². The zero-order chi connectivity index (χ0) is 30.7. The summed E-state index contributed by atoms with van der Waals surface area (Å²) in [6, 6.07) is 0. The molecular formula is C30H46O12. The Labute approximate surface area is 247 Å². The first-order valence-corrected chi connectivity index (χ1v) is 14.7. The van der Waals surface area contributed by atoms with E-state index in [1.54, 1.807) is 24.3 Å². The minimum absolute atomic E-state index is 0.0226. The topological polar surface area (TPSA) is 142 Å². The summed E-state index contributed by atoms with van der Waals surface area (Å²) in [5.74, 6) is -1.75. The van der Waals surface area contributed by atoms with Crippen molar-refractivity contribution in [2.45, 2.75) is 116 Å². The highest BCUT2D eigenvalue weighted by Crippen LogP contribution is 2.20. The second kappa shape index (κ2) is 20.2. The zero-order valence-corrected chi connectivity index (χ0v) is 25.2. The average molecular weight is 599 g/mol. The fourth-order valence-electron chi connectivity index (χ4n) is 4.37. The first-order chi connectivity index (χ1) is 20.1. The smallest absolute Gasteiger partial charge is 0.303 e. The molecule has 0 aromatic carbocycles. The lowest BCUT2D eigenvalue weighted by Gasteiger charge is -2.31. The quantitative estimate of drug-likeness (QED) is 0.0926. The van der Waals surface area contributed by atoms with Crippen LogP contribution in [0.1, 0.15) is 79.1 Å². The average Bonchev–Trinajstić information content (AvgIpc) is 2.92. The van der Waals surface area contributed by atoms with E-state index in [9.17, 15) is 19.2 Å². The van der Waals surface area contributed by atoms with Gasteiger partial charge in [0.05, 0.1) is 13.2 Å². The third-order valence-corrected chi connectivity index (χ3v) is 6.38. The van der Waals surface area contributed by atoms with Gasteiger partial charge >= 0.3 is 23.9 Å². The minimum Gasteiger partial charge on any atom is -0.463 e. The van der Waals surface area contributed by atoms with Gasteiger partial charge in [0.1, 0.15) is 37.6 Å². The summed E-state index contributed by atoms with van der Waals surface area (Å²) in [5, 5.41) is 0. The van der Waals surface area contributed by atoms with Crippen LogP contribution >= 0.6 is 0 Å². The van der Waals surface area contributed by atoms with Crippen LogP contribution in [0.25, 0.3) is 0 Å². The van der Waals surface area contributed by atoms with Crippen molar-refractivity contribution >= 4 is 23.9 Å². The largest absolute Gasteiger partial charge is 0.463 e. The second-order valence-electron chi connectivity index (χ2n) is 10.2. The molecule has 6 atom stereocenters. The summed E-state index contributed by atoms with van der Waals surface area (Å²) in [6.07, 6.45) is 11.6. The highest BCUT2D eigenvalue weighted by molar-refractivity contribution is 5.67. The zero-order valence-electron chi connectivity index (χ0n) is 25.2. The molecule has 238 valence electrons. The molecule has 0 aromatic heterocycles.